The highest BCUT2D eigenvalue weighted by Crippen LogP contribution is 2.20. The molecular weight excluding hydrogens is 232 g/mol. The van der Waals surface area contributed by atoms with Crippen LogP contribution in [0.5, 0.6) is 5.75 Å². The summed E-state index contributed by atoms with van der Waals surface area (Å²) in [6.45, 7) is 2.03. The average molecular weight is 243 g/mol. The van der Waals surface area contributed by atoms with Crippen molar-refractivity contribution in [2.24, 2.45) is 0 Å². The fourth-order valence-electron chi connectivity index (χ4n) is 1.38. The SMILES string of the molecule is Cc1ccc(C#Cc2cc(Cl)ccc2O)cc1. The fourth-order valence-corrected chi connectivity index (χ4v) is 1.56. The molecule has 2 aromatic rings. The first-order chi connectivity index (χ1) is 8.15. The Hall–Kier alpha value is -1.91. The Bertz CT molecular complexity index is 589. The molecule has 17 heavy (non-hydrogen) atoms. The highest BCUT2D eigenvalue weighted by atomic mass is 35.5. The molecule has 0 heterocycles. The maximum absolute atomic E-state index is 9.60. The van der Waals surface area contributed by atoms with Gasteiger partial charge in [0.2, 0.25) is 0 Å². The van der Waals surface area contributed by atoms with Crippen molar-refractivity contribution in [3.63, 3.8) is 0 Å². The van der Waals surface area contributed by atoms with Gasteiger partial charge in [-0.3, -0.25) is 0 Å². The minimum absolute atomic E-state index is 0.147. The molecule has 84 valence electrons. The zero-order valence-corrected chi connectivity index (χ0v) is 10.1. The highest BCUT2D eigenvalue weighted by Gasteiger charge is 1.97. The largest absolute Gasteiger partial charge is 0.507 e. The van der Waals surface area contributed by atoms with Gasteiger partial charge in [0.1, 0.15) is 5.75 Å². The normalized spacial score (nSPS) is 9.53. The molecule has 0 unspecified atom stereocenters. The molecular formula is C15H11ClO. The Morgan fingerprint density at radius 2 is 1.71 bits per heavy atom. The molecule has 0 amide bonds. The second-order valence-corrected chi connectivity index (χ2v) is 4.21. The maximum Gasteiger partial charge on any atom is 0.131 e. The first-order valence-electron chi connectivity index (χ1n) is 5.22. The molecule has 2 heteroatoms. The Balaban J connectivity index is 2.32. The third kappa shape index (κ3) is 3.03. The Kier molecular flexibility index (Phi) is 3.37. The van der Waals surface area contributed by atoms with Crippen LogP contribution in [0.2, 0.25) is 5.02 Å². The predicted octanol–water partition coefficient (Wildman–Crippen LogP) is 3.75. The molecule has 0 saturated carbocycles. The molecule has 0 saturated heterocycles. The van der Waals surface area contributed by atoms with E-state index in [0.717, 1.165) is 5.56 Å². The number of aryl methyl sites for hydroxylation is 1. The number of aromatic hydroxyl groups is 1. The van der Waals surface area contributed by atoms with E-state index in [9.17, 15) is 5.11 Å². The van der Waals surface area contributed by atoms with Gasteiger partial charge in [-0.05, 0) is 37.3 Å². The summed E-state index contributed by atoms with van der Waals surface area (Å²) >= 11 is 5.84. The number of hydrogen-bond acceptors (Lipinski definition) is 1. The monoisotopic (exact) mass is 242 g/mol. The van der Waals surface area contributed by atoms with Gasteiger partial charge in [-0.25, -0.2) is 0 Å². The van der Waals surface area contributed by atoms with Crippen LogP contribution < -0.4 is 0 Å². The molecule has 0 aliphatic rings. The van der Waals surface area contributed by atoms with Crippen LogP contribution in [0.15, 0.2) is 42.5 Å². The summed E-state index contributed by atoms with van der Waals surface area (Å²) < 4.78 is 0. The number of phenols is 1. The second kappa shape index (κ2) is 4.95. The zero-order valence-electron chi connectivity index (χ0n) is 9.37. The number of halogens is 1. The highest BCUT2D eigenvalue weighted by molar-refractivity contribution is 6.30. The molecule has 2 aromatic carbocycles. The van der Waals surface area contributed by atoms with Crippen molar-refractivity contribution in [3.8, 4) is 17.6 Å². The molecule has 1 nitrogen and oxygen atoms in total. The van der Waals surface area contributed by atoms with Crippen molar-refractivity contribution < 1.29 is 5.11 Å². The molecule has 0 aliphatic carbocycles. The quantitative estimate of drug-likeness (QED) is 0.698. The van der Waals surface area contributed by atoms with Gasteiger partial charge in [-0.15, -0.1) is 0 Å². The molecule has 0 aliphatic heterocycles. The lowest BCUT2D eigenvalue weighted by atomic mass is 10.1. The van der Waals surface area contributed by atoms with E-state index in [2.05, 4.69) is 11.8 Å². The summed E-state index contributed by atoms with van der Waals surface area (Å²) in [7, 11) is 0. The van der Waals surface area contributed by atoms with Gasteiger partial charge in [0.05, 0.1) is 5.56 Å². The van der Waals surface area contributed by atoms with Gasteiger partial charge < -0.3 is 5.11 Å². The van der Waals surface area contributed by atoms with E-state index < -0.39 is 0 Å². The van der Waals surface area contributed by atoms with Crippen molar-refractivity contribution in [3.05, 3.63) is 64.2 Å². The van der Waals surface area contributed by atoms with E-state index in [1.165, 1.54) is 5.56 Å². The van der Waals surface area contributed by atoms with Crippen molar-refractivity contribution >= 4 is 11.6 Å². The maximum atomic E-state index is 9.60. The summed E-state index contributed by atoms with van der Waals surface area (Å²) in [5.74, 6) is 6.04. The number of rotatable bonds is 0. The zero-order chi connectivity index (χ0) is 12.3. The molecule has 0 fully saturated rings. The van der Waals surface area contributed by atoms with Crippen LogP contribution in [0.3, 0.4) is 0 Å². The van der Waals surface area contributed by atoms with Crippen molar-refractivity contribution in [1.29, 1.82) is 0 Å². The number of benzene rings is 2. The molecule has 0 bridgehead atoms. The van der Waals surface area contributed by atoms with Crippen LogP contribution in [-0.4, -0.2) is 5.11 Å². The van der Waals surface area contributed by atoms with Crippen LogP contribution in [-0.2, 0) is 0 Å². The fraction of sp³-hybridized carbons (Fsp3) is 0.0667. The second-order valence-electron chi connectivity index (χ2n) is 3.78. The Labute approximate surface area is 106 Å². The minimum atomic E-state index is 0.147. The summed E-state index contributed by atoms with van der Waals surface area (Å²) in [6, 6.07) is 12.7. The summed E-state index contributed by atoms with van der Waals surface area (Å²) in [5.41, 5.74) is 2.65. The smallest absolute Gasteiger partial charge is 0.131 e. The standard InChI is InChI=1S/C15H11ClO/c1-11-2-4-12(5-3-11)6-7-13-10-14(16)8-9-15(13)17/h2-5,8-10,17H,1H3. The number of phenolic OH excluding ortho intramolecular Hbond substituents is 1. The summed E-state index contributed by atoms with van der Waals surface area (Å²) in [5, 5.41) is 10.2. The first-order valence-corrected chi connectivity index (χ1v) is 5.60. The summed E-state index contributed by atoms with van der Waals surface area (Å²) in [6.07, 6.45) is 0. The molecule has 0 spiro atoms. The van der Waals surface area contributed by atoms with Crippen LogP contribution >= 0.6 is 11.6 Å². The lowest BCUT2D eigenvalue weighted by Gasteiger charge is -1.96. The minimum Gasteiger partial charge on any atom is -0.507 e. The van der Waals surface area contributed by atoms with Gasteiger partial charge in [-0.2, -0.15) is 0 Å². The van der Waals surface area contributed by atoms with Gasteiger partial charge in [0.25, 0.3) is 0 Å². The van der Waals surface area contributed by atoms with Crippen LogP contribution in [0.25, 0.3) is 0 Å². The molecule has 0 radical (unpaired) electrons. The lowest BCUT2D eigenvalue weighted by molar-refractivity contribution is 0.474. The van der Waals surface area contributed by atoms with E-state index in [-0.39, 0.29) is 5.75 Å². The van der Waals surface area contributed by atoms with Crippen molar-refractivity contribution in [2.45, 2.75) is 6.92 Å². The molecule has 2 rings (SSSR count). The molecule has 0 atom stereocenters. The predicted molar refractivity (Wildman–Crippen MR) is 70.3 cm³/mol. The van der Waals surface area contributed by atoms with Gasteiger partial charge in [0, 0.05) is 10.6 Å². The van der Waals surface area contributed by atoms with Gasteiger partial charge in [0.15, 0.2) is 0 Å². The Morgan fingerprint density at radius 3 is 2.41 bits per heavy atom. The first kappa shape index (κ1) is 11.6. The van der Waals surface area contributed by atoms with E-state index >= 15 is 0 Å². The summed E-state index contributed by atoms with van der Waals surface area (Å²) in [4.78, 5) is 0. The van der Waals surface area contributed by atoms with Crippen LogP contribution in [0.4, 0.5) is 0 Å². The Morgan fingerprint density at radius 1 is 1.00 bits per heavy atom. The molecule has 0 aromatic heterocycles. The van der Waals surface area contributed by atoms with Crippen molar-refractivity contribution in [1.82, 2.24) is 0 Å². The van der Waals surface area contributed by atoms with E-state index in [0.29, 0.717) is 10.6 Å². The van der Waals surface area contributed by atoms with Crippen molar-refractivity contribution in [2.75, 3.05) is 0 Å². The van der Waals surface area contributed by atoms with Gasteiger partial charge in [-0.1, -0.05) is 41.1 Å². The van der Waals surface area contributed by atoms with E-state index in [4.69, 9.17) is 11.6 Å². The average Bonchev–Trinajstić information content (AvgIpc) is 2.32. The van der Waals surface area contributed by atoms with Crippen LogP contribution in [0.1, 0.15) is 16.7 Å². The lowest BCUT2D eigenvalue weighted by Crippen LogP contribution is -1.78. The van der Waals surface area contributed by atoms with E-state index in [1.54, 1.807) is 18.2 Å². The number of hydrogen-bond donors (Lipinski definition) is 1. The molecule has 1 N–H and O–H groups in total. The third-order valence-corrected chi connectivity index (χ3v) is 2.59. The topological polar surface area (TPSA) is 20.2 Å². The van der Waals surface area contributed by atoms with E-state index in [1.807, 2.05) is 31.2 Å². The third-order valence-electron chi connectivity index (χ3n) is 2.35. The van der Waals surface area contributed by atoms with Crippen LogP contribution in [0, 0.1) is 18.8 Å². The van der Waals surface area contributed by atoms with Gasteiger partial charge >= 0.3 is 0 Å².